The molecule has 2 N–H and O–H groups in total. The maximum Gasteiger partial charge on any atom is 0.253 e. The van der Waals surface area contributed by atoms with Crippen molar-refractivity contribution in [2.45, 2.75) is 44.6 Å². The van der Waals surface area contributed by atoms with Crippen molar-refractivity contribution >= 4 is 23.4 Å². The summed E-state index contributed by atoms with van der Waals surface area (Å²) in [6.45, 7) is 1.15. The third kappa shape index (κ3) is 6.49. The largest absolute Gasteiger partial charge is 0.378 e. The molecule has 6 heteroatoms. The Labute approximate surface area is 148 Å². The summed E-state index contributed by atoms with van der Waals surface area (Å²) in [4.78, 5) is 23.7. The number of halogens is 1. The van der Waals surface area contributed by atoms with Gasteiger partial charge in [0.15, 0.2) is 0 Å². The number of hydrogen-bond acceptors (Lipinski definition) is 3. The number of nitrogens with one attached hydrogen (secondary N) is 2. The SMILES string of the molecule is O=C(CNC(=O)c1ccccc1Cl)NCCCOC1CCCCC1. The summed E-state index contributed by atoms with van der Waals surface area (Å²) < 4.78 is 5.80. The summed E-state index contributed by atoms with van der Waals surface area (Å²) in [5.41, 5.74) is 0.368. The molecule has 0 heterocycles. The Morgan fingerprint density at radius 3 is 2.62 bits per heavy atom. The van der Waals surface area contributed by atoms with Gasteiger partial charge in [-0.05, 0) is 31.4 Å². The van der Waals surface area contributed by atoms with E-state index in [2.05, 4.69) is 10.6 Å². The molecule has 1 aliphatic carbocycles. The molecule has 1 aromatic carbocycles. The first-order valence-electron chi connectivity index (χ1n) is 8.58. The molecule has 5 nitrogen and oxygen atoms in total. The lowest BCUT2D eigenvalue weighted by atomic mass is 9.98. The zero-order valence-electron chi connectivity index (χ0n) is 13.9. The number of amides is 2. The molecule has 2 amide bonds. The molecule has 0 spiro atoms. The fourth-order valence-electron chi connectivity index (χ4n) is 2.75. The first kappa shape index (κ1) is 18.7. The van der Waals surface area contributed by atoms with Gasteiger partial charge in [-0.1, -0.05) is 43.0 Å². The molecule has 1 fully saturated rings. The van der Waals surface area contributed by atoms with Crippen molar-refractivity contribution in [3.63, 3.8) is 0 Å². The molecule has 132 valence electrons. The molecule has 0 atom stereocenters. The van der Waals surface area contributed by atoms with Gasteiger partial charge in [0.25, 0.3) is 5.91 Å². The second-order valence-corrected chi connectivity index (χ2v) is 6.40. The standard InChI is InChI=1S/C18H25ClN2O3/c19-16-10-5-4-9-15(16)18(23)21-13-17(22)20-11-6-12-24-14-7-2-1-3-8-14/h4-5,9-10,14H,1-3,6-8,11-13H2,(H,20,22)(H,21,23). The van der Waals surface area contributed by atoms with E-state index in [4.69, 9.17) is 16.3 Å². The molecule has 0 bridgehead atoms. The van der Waals surface area contributed by atoms with Crippen LogP contribution in [0.4, 0.5) is 0 Å². The molecule has 1 saturated carbocycles. The van der Waals surface area contributed by atoms with Crippen LogP contribution in [0, 0.1) is 0 Å². The maximum absolute atomic E-state index is 11.9. The van der Waals surface area contributed by atoms with E-state index < -0.39 is 0 Å². The number of carbonyl (C=O) groups excluding carboxylic acids is 2. The van der Waals surface area contributed by atoms with Crippen LogP contribution in [0.25, 0.3) is 0 Å². The highest BCUT2D eigenvalue weighted by molar-refractivity contribution is 6.33. The molecule has 0 saturated heterocycles. The number of ether oxygens (including phenoxy) is 1. The van der Waals surface area contributed by atoms with Crippen LogP contribution in [0.15, 0.2) is 24.3 Å². The van der Waals surface area contributed by atoms with E-state index in [1.165, 1.54) is 19.3 Å². The van der Waals surface area contributed by atoms with Gasteiger partial charge in [0.2, 0.25) is 5.91 Å². The third-order valence-electron chi connectivity index (χ3n) is 4.08. The monoisotopic (exact) mass is 352 g/mol. The zero-order valence-corrected chi connectivity index (χ0v) is 14.6. The number of rotatable bonds is 8. The van der Waals surface area contributed by atoms with Gasteiger partial charge in [0.1, 0.15) is 0 Å². The lowest BCUT2D eigenvalue weighted by Gasteiger charge is -2.21. The summed E-state index contributed by atoms with van der Waals surface area (Å²) in [5.74, 6) is -0.565. The van der Waals surface area contributed by atoms with Crippen LogP contribution in [-0.2, 0) is 9.53 Å². The van der Waals surface area contributed by atoms with Crippen LogP contribution in [0.3, 0.4) is 0 Å². The van der Waals surface area contributed by atoms with Crippen LogP contribution in [0.5, 0.6) is 0 Å². The summed E-state index contributed by atoms with van der Waals surface area (Å²) in [5, 5.41) is 5.71. The Morgan fingerprint density at radius 1 is 1.12 bits per heavy atom. The molecule has 0 radical (unpaired) electrons. The van der Waals surface area contributed by atoms with Gasteiger partial charge in [0.05, 0.1) is 23.2 Å². The van der Waals surface area contributed by atoms with E-state index in [0.29, 0.717) is 29.8 Å². The zero-order chi connectivity index (χ0) is 17.2. The van der Waals surface area contributed by atoms with E-state index in [-0.39, 0.29) is 18.4 Å². The van der Waals surface area contributed by atoms with Crippen molar-refractivity contribution in [2.75, 3.05) is 19.7 Å². The van der Waals surface area contributed by atoms with Gasteiger partial charge in [-0.25, -0.2) is 0 Å². The molecular formula is C18H25ClN2O3. The molecule has 0 aliphatic heterocycles. The number of carbonyl (C=O) groups is 2. The summed E-state index contributed by atoms with van der Waals surface area (Å²) >= 11 is 5.94. The highest BCUT2D eigenvalue weighted by atomic mass is 35.5. The van der Waals surface area contributed by atoms with Gasteiger partial charge >= 0.3 is 0 Å². The van der Waals surface area contributed by atoms with Gasteiger partial charge in [-0.3, -0.25) is 9.59 Å². The lowest BCUT2D eigenvalue weighted by Crippen LogP contribution is -2.37. The van der Waals surface area contributed by atoms with Gasteiger partial charge in [-0.15, -0.1) is 0 Å². The van der Waals surface area contributed by atoms with Gasteiger partial charge < -0.3 is 15.4 Å². The van der Waals surface area contributed by atoms with Crippen LogP contribution < -0.4 is 10.6 Å². The highest BCUT2D eigenvalue weighted by Crippen LogP contribution is 2.20. The summed E-state index contributed by atoms with van der Waals surface area (Å²) in [6.07, 6.45) is 7.31. The average molecular weight is 353 g/mol. The molecule has 24 heavy (non-hydrogen) atoms. The van der Waals surface area contributed by atoms with Gasteiger partial charge in [-0.2, -0.15) is 0 Å². The second-order valence-electron chi connectivity index (χ2n) is 6.00. The maximum atomic E-state index is 11.9. The van der Waals surface area contributed by atoms with Crippen LogP contribution >= 0.6 is 11.6 Å². The minimum absolute atomic E-state index is 0.0620. The van der Waals surface area contributed by atoms with E-state index in [9.17, 15) is 9.59 Å². The third-order valence-corrected chi connectivity index (χ3v) is 4.41. The van der Waals surface area contributed by atoms with E-state index in [1.807, 2.05) is 0 Å². The second kappa shape index (κ2) is 10.3. The molecule has 0 unspecified atom stereocenters. The fourth-order valence-corrected chi connectivity index (χ4v) is 2.97. The smallest absolute Gasteiger partial charge is 0.253 e. The average Bonchev–Trinajstić information content (AvgIpc) is 2.60. The highest BCUT2D eigenvalue weighted by Gasteiger charge is 2.13. The predicted molar refractivity (Wildman–Crippen MR) is 94.2 cm³/mol. The topological polar surface area (TPSA) is 67.4 Å². The van der Waals surface area contributed by atoms with Crippen molar-refractivity contribution in [2.24, 2.45) is 0 Å². The number of benzene rings is 1. The number of hydrogen-bond donors (Lipinski definition) is 2. The minimum atomic E-state index is -0.351. The van der Waals surface area contributed by atoms with Crippen molar-refractivity contribution in [3.8, 4) is 0 Å². The summed E-state index contributed by atoms with van der Waals surface area (Å²) in [6, 6.07) is 6.75. The normalized spacial score (nSPS) is 15.0. The van der Waals surface area contributed by atoms with E-state index >= 15 is 0 Å². The van der Waals surface area contributed by atoms with Crippen LogP contribution in [-0.4, -0.2) is 37.6 Å². The fraction of sp³-hybridized carbons (Fsp3) is 0.556. The van der Waals surface area contributed by atoms with Crippen LogP contribution in [0.2, 0.25) is 5.02 Å². The quantitative estimate of drug-likeness (QED) is 0.707. The molecule has 1 aromatic rings. The van der Waals surface area contributed by atoms with Crippen molar-refractivity contribution in [3.05, 3.63) is 34.9 Å². The molecule has 1 aliphatic rings. The predicted octanol–water partition coefficient (Wildman–Crippen LogP) is 2.93. The Kier molecular flexibility index (Phi) is 8.05. The Hall–Kier alpha value is -1.59. The Bertz CT molecular complexity index is 545. The molecule has 2 rings (SSSR count). The Morgan fingerprint density at radius 2 is 1.88 bits per heavy atom. The van der Waals surface area contributed by atoms with E-state index in [1.54, 1.807) is 24.3 Å². The first-order chi connectivity index (χ1) is 11.7. The van der Waals surface area contributed by atoms with E-state index in [0.717, 1.165) is 19.3 Å². The summed E-state index contributed by atoms with van der Waals surface area (Å²) in [7, 11) is 0. The molecule has 0 aromatic heterocycles. The minimum Gasteiger partial charge on any atom is -0.378 e. The van der Waals surface area contributed by atoms with Crippen molar-refractivity contribution < 1.29 is 14.3 Å². The van der Waals surface area contributed by atoms with Crippen molar-refractivity contribution in [1.82, 2.24) is 10.6 Å². The van der Waals surface area contributed by atoms with Crippen molar-refractivity contribution in [1.29, 1.82) is 0 Å². The Balaban J connectivity index is 1.55. The van der Waals surface area contributed by atoms with Crippen LogP contribution in [0.1, 0.15) is 48.9 Å². The first-order valence-corrected chi connectivity index (χ1v) is 8.95. The van der Waals surface area contributed by atoms with Gasteiger partial charge in [0, 0.05) is 13.2 Å². The lowest BCUT2D eigenvalue weighted by molar-refractivity contribution is -0.120. The molecular weight excluding hydrogens is 328 g/mol.